The molecule has 204 valence electrons. The molecular weight excluding hydrogens is 468 g/mol. The minimum absolute atomic E-state index is 0.209. The van der Waals surface area contributed by atoms with E-state index in [4.69, 9.17) is 47.4 Å². The van der Waals surface area contributed by atoms with E-state index in [9.17, 15) is 10.2 Å². The second-order valence-corrected chi connectivity index (χ2v) is 10.7. The number of aliphatic hydroxyl groups excluding tert-OH is 2. The monoisotopic (exact) mass is 508 g/mol. The second-order valence-electron chi connectivity index (χ2n) is 10.7. The summed E-state index contributed by atoms with van der Waals surface area (Å²) in [6.45, 7) is 10.5. The van der Waals surface area contributed by atoms with Crippen LogP contribution >= 0.6 is 0 Å². The van der Waals surface area contributed by atoms with E-state index in [2.05, 4.69) is 0 Å². The van der Waals surface area contributed by atoms with E-state index in [0.29, 0.717) is 0 Å². The van der Waals surface area contributed by atoms with Crippen molar-refractivity contribution < 1.29 is 57.6 Å². The SMILES string of the molecule is COC(OC)[C@@H]1OC(C)(C)O[C@H]1[C@H](O[C@@H]1O[C@H](CO)[C@@H]2OC(C)(C)O[C@@H]2[C@H]1O)[C@H]1COC(C)(C)O1. The van der Waals surface area contributed by atoms with Crippen molar-refractivity contribution in [2.24, 2.45) is 0 Å². The van der Waals surface area contributed by atoms with Gasteiger partial charge >= 0.3 is 0 Å². The first-order chi connectivity index (χ1) is 16.3. The zero-order valence-electron chi connectivity index (χ0n) is 21.7. The molecule has 0 bridgehead atoms. The van der Waals surface area contributed by atoms with Crippen molar-refractivity contribution in [1.82, 2.24) is 0 Å². The van der Waals surface area contributed by atoms with Gasteiger partial charge in [0.2, 0.25) is 0 Å². The van der Waals surface area contributed by atoms with Crippen LogP contribution in [0.1, 0.15) is 41.5 Å². The summed E-state index contributed by atoms with van der Waals surface area (Å²) in [6.07, 6.45) is -8.20. The Morgan fingerprint density at radius 3 is 2.00 bits per heavy atom. The summed E-state index contributed by atoms with van der Waals surface area (Å²) in [5.74, 6) is -2.77. The van der Waals surface area contributed by atoms with Gasteiger partial charge < -0.3 is 57.6 Å². The summed E-state index contributed by atoms with van der Waals surface area (Å²) in [6, 6.07) is 0. The number of rotatable bonds is 8. The van der Waals surface area contributed by atoms with Crippen LogP contribution in [0.25, 0.3) is 0 Å². The Bertz CT molecular complexity index is 725. The average Bonchev–Trinajstić information content (AvgIpc) is 3.40. The molecule has 0 aromatic rings. The van der Waals surface area contributed by atoms with Gasteiger partial charge in [0, 0.05) is 14.2 Å². The highest BCUT2D eigenvalue weighted by Crippen LogP contribution is 2.41. The van der Waals surface area contributed by atoms with Crippen LogP contribution in [0.15, 0.2) is 0 Å². The summed E-state index contributed by atoms with van der Waals surface area (Å²) < 4.78 is 59.4. The van der Waals surface area contributed by atoms with Crippen LogP contribution in [0.3, 0.4) is 0 Å². The number of methoxy groups -OCH3 is 2. The molecule has 0 spiro atoms. The molecule has 12 nitrogen and oxygen atoms in total. The topological polar surface area (TPSA) is 133 Å². The second kappa shape index (κ2) is 10.0. The molecule has 9 atom stereocenters. The van der Waals surface area contributed by atoms with E-state index in [1.807, 2.05) is 0 Å². The standard InChI is InChI=1S/C23H40O12/c1-21(2)28-10-12(31-21)14(17-18(20(26-7)27-8)35-23(5,6)34-17)30-19-13(25)16-15(11(9-24)29-19)32-22(3,4)33-16/h11-20,24-25H,9-10H2,1-8H3/t11-,12-,13-,14-,15+,16-,17+,18-,19+/m1/s1. The third kappa shape index (κ3) is 5.69. The van der Waals surface area contributed by atoms with Crippen LogP contribution in [-0.2, 0) is 47.4 Å². The van der Waals surface area contributed by atoms with Gasteiger partial charge in [-0.1, -0.05) is 0 Å². The molecule has 12 heteroatoms. The van der Waals surface area contributed by atoms with E-state index < -0.39 is 78.8 Å². The van der Waals surface area contributed by atoms with Gasteiger partial charge in [-0.2, -0.15) is 0 Å². The number of hydrogen-bond donors (Lipinski definition) is 2. The van der Waals surface area contributed by atoms with Gasteiger partial charge in [-0.15, -0.1) is 0 Å². The minimum Gasteiger partial charge on any atom is -0.394 e. The Balaban J connectivity index is 1.62. The molecule has 0 aliphatic carbocycles. The van der Waals surface area contributed by atoms with Gasteiger partial charge in [0.25, 0.3) is 0 Å². The fourth-order valence-corrected chi connectivity index (χ4v) is 5.17. The van der Waals surface area contributed by atoms with Crippen LogP contribution in [-0.4, -0.2) is 116 Å². The normalized spacial score (nSPS) is 42.9. The van der Waals surface area contributed by atoms with Gasteiger partial charge in [0.05, 0.1) is 13.2 Å². The van der Waals surface area contributed by atoms with Crippen LogP contribution < -0.4 is 0 Å². The number of fused-ring (bicyclic) bond motifs is 1. The highest BCUT2D eigenvalue weighted by molar-refractivity contribution is 4.99. The first kappa shape index (κ1) is 27.6. The fourth-order valence-electron chi connectivity index (χ4n) is 5.17. The van der Waals surface area contributed by atoms with E-state index in [-0.39, 0.29) is 13.2 Å². The van der Waals surface area contributed by atoms with Crippen molar-refractivity contribution >= 4 is 0 Å². The largest absolute Gasteiger partial charge is 0.394 e. The molecule has 4 saturated heterocycles. The Labute approximate surface area is 205 Å². The Morgan fingerprint density at radius 1 is 0.829 bits per heavy atom. The lowest BCUT2D eigenvalue weighted by Crippen LogP contribution is -2.61. The van der Waals surface area contributed by atoms with E-state index in [1.54, 1.807) is 41.5 Å². The van der Waals surface area contributed by atoms with Gasteiger partial charge in [-0.25, -0.2) is 0 Å². The zero-order valence-corrected chi connectivity index (χ0v) is 21.7. The lowest BCUT2D eigenvalue weighted by molar-refractivity contribution is -0.315. The molecular formula is C23H40O12. The number of hydrogen-bond acceptors (Lipinski definition) is 12. The van der Waals surface area contributed by atoms with Crippen molar-refractivity contribution in [2.75, 3.05) is 27.4 Å². The number of ether oxygens (including phenoxy) is 10. The van der Waals surface area contributed by atoms with Crippen LogP contribution in [0.2, 0.25) is 0 Å². The highest BCUT2D eigenvalue weighted by Gasteiger charge is 2.58. The first-order valence-electron chi connectivity index (χ1n) is 12.0. The Morgan fingerprint density at radius 2 is 1.43 bits per heavy atom. The summed E-state index contributed by atoms with van der Waals surface area (Å²) in [7, 11) is 3.01. The Hall–Kier alpha value is -0.480. The van der Waals surface area contributed by atoms with Crippen LogP contribution in [0.5, 0.6) is 0 Å². The molecule has 4 rings (SSSR count). The lowest BCUT2D eigenvalue weighted by Gasteiger charge is -2.42. The zero-order chi connectivity index (χ0) is 25.8. The molecule has 0 radical (unpaired) electrons. The maximum absolute atomic E-state index is 11.2. The summed E-state index contributed by atoms with van der Waals surface area (Å²) in [4.78, 5) is 0. The molecule has 0 unspecified atom stereocenters. The third-order valence-electron chi connectivity index (χ3n) is 6.54. The average molecular weight is 509 g/mol. The van der Waals surface area contributed by atoms with Gasteiger partial charge in [-0.05, 0) is 41.5 Å². The molecule has 4 aliphatic heterocycles. The quantitative estimate of drug-likeness (QED) is 0.436. The first-order valence-corrected chi connectivity index (χ1v) is 12.0. The molecule has 0 aromatic carbocycles. The highest BCUT2D eigenvalue weighted by atomic mass is 16.8. The summed E-state index contributed by atoms with van der Waals surface area (Å²) >= 11 is 0. The van der Waals surface area contributed by atoms with Crippen molar-refractivity contribution in [3.63, 3.8) is 0 Å². The van der Waals surface area contributed by atoms with Crippen LogP contribution in [0, 0.1) is 0 Å². The van der Waals surface area contributed by atoms with E-state index in [0.717, 1.165) is 0 Å². The third-order valence-corrected chi connectivity index (χ3v) is 6.54. The van der Waals surface area contributed by atoms with E-state index in [1.165, 1.54) is 14.2 Å². The summed E-state index contributed by atoms with van der Waals surface area (Å²) in [5, 5.41) is 21.1. The summed E-state index contributed by atoms with van der Waals surface area (Å²) in [5.41, 5.74) is 0. The maximum Gasteiger partial charge on any atom is 0.187 e. The van der Waals surface area contributed by atoms with Gasteiger partial charge in [0.15, 0.2) is 29.9 Å². The van der Waals surface area contributed by atoms with E-state index >= 15 is 0 Å². The fraction of sp³-hybridized carbons (Fsp3) is 1.00. The van der Waals surface area contributed by atoms with Crippen molar-refractivity contribution in [3.8, 4) is 0 Å². The van der Waals surface area contributed by atoms with Crippen molar-refractivity contribution in [1.29, 1.82) is 0 Å². The molecule has 35 heavy (non-hydrogen) atoms. The minimum atomic E-state index is -1.21. The van der Waals surface area contributed by atoms with Gasteiger partial charge in [0.1, 0.15) is 48.8 Å². The van der Waals surface area contributed by atoms with Gasteiger partial charge in [-0.3, -0.25) is 0 Å². The molecule has 0 aromatic heterocycles. The molecule has 0 amide bonds. The predicted octanol–water partition coefficient (Wildman–Crippen LogP) is 0.260. The van der Waals surface area contributed by atoms with Crippen molar-refractivity contribution in [2.45, 2.75) is 120 Å². The smallest absolute Gasteiger partial charge is 0.187 e. The molecule has 4 aliphatic rings. The molecule has 2 N–H and O–H groups in total. The number of aliphatic hydroxyl groups is 2. The van der Waals surface area contributed by atoms with Crippen LogP contribution in [0.4, 0.5) is 0 Å². The molecule has 4 fully saturated rings. The predicted molar refractivity (Wildman–Crippen MR) is 117 cm³/mol. The Kier molecular flexibility index (Phi) is 7.88. The maximum atomic E-state index is 11.2. The molecule has 0 saturated carbocycles. The lowest BCUT2D eigenvalue weighted by atomic mass is 9.98. The van der Waals surface area contributed by atoms with Crippen molar-refractivity contribution in [3.05, 3.63) is 0 Å². The molecule has 4 heterocycles.